The van der Waals surface area contributed by atoms with Crippen LogP contribution in [0, 0.1) is 0 Å². The Morgan fingerprint density at radius 1 is 0.938 bits per heavy atom. The van der Waals surface area contributed by atoms with E-state index in [2.05, 4.69) is 10.3 Å². The topological polar surface area (TPSA) is 93.9 Å². The summed E-state index contributed by atoms with van der Waals surface area (Å²) in [4.78, 5) is 11.9. The molecule has 1 heterocycles. The number of aromatic nitrogens is 3. The number of rotatable bonds is 4. The molecule has 0 saturated heterocycles. The summed E-state index contributed by atoms with van der Waals surface area (Å²) in [7, 11) is -4.72. The predicted molar refractivity (Wildman–Crippen MR) is 113 cm³/mol. The minimum absolute atomic E-state index is 0.0431. The van der Waals surface area contributed by atoms with Gasteiger partial charge in [-0.1, -0.05) is 63.2 Å². The summed E-state index contributed by atoms with van der Waals surface area (Å²) < 4.78 is 68.1. The largest absolute Gasteiger partial charge is 0.435 e. The van der Waals surface area contributed by atoms with Crippen LogP contribution in [0.1, 0.15) is 16.2 Å². The molecule has 7 nitrogen and oxygen atoms in total. The van der Waals surface area contributed by atoms with E-state index < -0.39 is 44.1 Å². The molecule has 16 heteroatoms. The first-order valence-corrected chi connectivity index (χ1v) is 11.3. The number of hydrogen-bond donors (Lipinski definition) is 1. The van der Waals surface area contributed by atoms with Crippen LogP contribution in [-0.4, -0.2) is 29.3 Å². The predicted octanol–water partition coefficient (Wildman–Crippen LogP) is 5.67. The highest BCUT2D eigenvalue weighted by atomic mass is 35.5. The fraction of sp³-hybridized carbons (Fsp3) is 0.0625. The van der Waals surface area contributed by atoms with Gasteiger partial charge < -0.3 is 0 Å². The van der Waals surface area contributed by atoms with E-state index in [0.717, 1.165) is 24.3 Å². The standard InChI is InChI=1S/C16H6Cl5F3N4O3S/c17-6-1-2-7(18)12(3-6)32(30,31)26-15(29)13-14(16(22,23)24)28(27-25-13)11-5-9(20)8(19)4-10(11)21/h1-5H,(H,26,29). The number of benzene rings is 2. The third kappa shape index (κ3) is 4.92. The molecule has 0 unspecified atom stereocenters. The zero-order valence-corrected chi connectivity index (χ0v) is 19.5. The number of nitrogens with zero attached hydrogens (tertiary/aromatic N) is 3. The molecule has 2 aromatic carbocycles. The van der Waals surface area contributed by atoms with Crippen molar-refractivity contribution >= 4 is 73.9 Å². The lowest BCUT2D eigenvalue weighted by Crippen LogP contribution is -2.33. The highest BCUT2D eigenvalue weighted by Gasteiger charge is 2.43. The molecule has 0 radical (unpaired) electrons. The summed E-state index contributed by atoms with van der Waals surface area (Å²) in [6, 6.07) is 5.36. The molecule has 1 N–H and O–H groups in total. The van der Waals surface area contributed by atoms with E-state index >= 15 is 0 Å². The number of halogens is 8. The lowest BCUT2D eigenvalue weighted by molar-refractivity contribution is -0.143. The zero-order valence-electron chi connectivity index (χ0n) is 14.9. The second-order valence-corrected chi connectivity index (χ2v) is 9.64. The SMILES string of the molecule is O=C(NS(=O)(=O)c1cc(Cl)ccc1Cl)c1nnn(-c2cc(Cl)c(Cl)cc2Cl)c1C(F)(F)F. The smallest absolute Gasteiger partial charge is 0.266 e. The van der Waals surface area contributed by atoms with Crippen LogP contribution in [0.5, 0.6) is 0 Å². The van der Waals surface area contributed by atoms with Gasteiger partial charge >= 0.3 is 6.18 Å². The second-order valence-electron chi connectivity index (χ2n) is 5.92. The number of alkyl halides is 3. The van der Waals surface area contributed by atoms with Crippen molar-refractivity contribution in [2.75, 3.05) is 0 Å². The van der Waals surface area contributed by atoms with Gasteiger partial charge in [0.25, 0.3) is 15.9 Å². The summed E-state index contributed by atoms with van der Waals surface area (Å²) >= 11 is 29.1. The molecule has 1 amide bonds. The van der Waals surface area contributed by atoms with Gasteiger partial charge in [0.15, 0.2) is 11.4 Å². The Balaban J connectivity index is 2.10. The zero-order chi connectivity index (χ0) is 24.0. The van der Waals surface area contributed by atoms with Gasteiger partial charge in [-0.05, 0) is 30.3 Å². The average Bonchev–Trinajstić information content (AvgIpc) is 3.11. The Labute approximate surface area is 203 Å². The highest BCUT2D eigenvalue weighted by molar-refractivity contribution is 7.90. The van der Waals surface area contributed by atoms with Gasteiger partial charge in [0, 0.05) is 5.02 Å². The third-order valence-corrected chi connectivity index (χ3v) is 6.85. The summed E-state index contributed by atoms with van der Waals surface area (Å²) in [5.41, 5.74) is -3.45. The van der Waals surface area contributed by atoms with Crippen molar-refractivity contribution in [3.63, 3.8) is 0 Å². The molecule has 0 aliphatic rings. The molecule has 170 valence electrons. The van der Waals surface area contributed by atoms with Gasteiger partial charge in [0.05, 0.1) is 25.8 Å². The van der Waals surface area contributed by atoms with E-state index in [9.17, 15) is 26.4 Å². The van der Waals surface area contributed by atoms with Crippen LogP contribution < -0.4 is 4.72 Å². The fourth-order valence-electron chi connectivity index (χ4n) is 2.44. The first-order chi connectivity index (χ1) is 14.7. The van der Waals surface area contributed by atoms with Crippen molar-refractivity contribution in [2.24, 2.45) is 0 Å². The Bertz CT molecular complexity index is 1350. The van der Waals surface area contributed by atoms with Crippen LogP contribution >= 0.6 is 58.0 Å². The van der Waals surface area contributed by atoms with Crippen molar-refractivity contribution in [2.45, 2.75) is 11.1 Å². The van der Waals surface area contributed by atoms with Gasteiger partial charge in [-0.25, -0.2) is 17.8 Å². The molecule has 0 aliphatic carbocycles. The molecule has 0 bridgehead atoms. The molecule has 0 saturated carbocycles. The van der Waals surface area contributed by atoms with E-state index in [4.69, 9.17) is 58.0 Å². The molecular weight excluding hydrogens is 563 g/mol. The van der Waals surface area contributed by atoms with E-state index in [-0.39, 0.29) is 29.8 Å². The van der Waals surface area contributed by atoms with Crippen LogP contribution in [-0.2, 0) is 16.2 Å². The van der Waals surface area contributed by atoms with E-state index in [1.165, 1.54) is 10.8 Å². The normalized spacial score (nSPS) is 12.1. The van der Waals surface area contributed by atoms with Crippen molar-refractivity contribution in [3.05, 3.63) is 66.8 Å². The number of carbonyl (C=O) groups excluding carboxylic acids is 1. The summed E-state index contributed by atoms with van der Waals surface area (Å²) in [5, 5.41) is 5.63. The maximum Gasteiger partial charge on any atom is 0.435 e. The maximum atomic E-state index is 13.8. The Hall–Kier alpha value is -1.76. The first kappa shape index (κ1) is 24.9. The third-order valence-electron chi connectivity index (χ3n) is 3.78. The van der Waals surface area contributed by atoms with Gasteiger partial charge in [-0.2, -0.15) is 13.2 Å². The monoisotopic (exact) mass is 566 g/mol. The highest BCUT2D eigenvalue weighted by Crippen LogP contribution is 2.37. The molecule has 1 aromatic heterocycles. The Morgan fingerprint density at radius 3 is 2.19 bits per heavy atom. The number of amides is 1. The number of sulfonamides is 1. The van der Waals surface area contributed by atoms with Crippen LogP contribution in [0.4, 0.5) is 13.2 Å². The minimum Gasteiger partial charge on any atom is -0.266 e. The lowest BCUT2D eigenvalue weighted by Gasteiger charge is -2.13. The van der Waals surface area contributed by atoms with Crippen LogP contribution in [0.15, 0.2) is 35.2 Å². The van der Waals surface area contributed by atoms with Crippen LogP contribution in [0.25, 0.3) is 5.69 Å². The average molecular weight is 569 g/mol. The van der Waals surface area contributed by atoms with Crippen molar-refractivity contribution in [1.29, 1.82) is 0 Å². The van der Waals surface area contributed by atoms with E-state index in [1.54, 1.807) is 0 Å². The summed E-state index contributed by atoms with van der Waals surface area (Å²) in [6.07, 6.45) is -5.21. The summed E-state index contributed by atoms with van der Waals surface area (Å²) in [5.74, 6) is -1.73. The first-order valence-electron chi connectivity index (χ1n) is 7.92. The molecule has 0 aliphatic heterocycles. The fourth-order valence-corrected chi connectivity index (χ4v) is 4.78. The number of hydrogen-bond acceptors (Lipinski definition) is 5. The van der Waals surface area contributed by atoms with Gasteiger partial charge in [0.2, 0.25) is 0 Å². The second kappa shape index (κ2) is 8.88. The molecular formula is C16H6Cl5F3N4O3S. The van der Waals surface area contributed by atoms with Crippen molar-refractivity contribution in [1.82, 2.24) is 19.7 Å². The van der Waals surface area contributed by atoms with Crippen molar-refractivity contribution in [3.8, 4) is 5.69 Å². The van der Waals surface area contributed by atoms with Crippen LogP contribution in [0.2, 0.25) is 25.1 Å². The minimum atomic E-state index is -5.21. The van der Waals surface area contributed by atoms with E-state index in [0.29, 0.717) is 0 Å². The molecule has 0 fully saturated rings. The van der Waals surface area contributed by atoms with Gasteiger partial charge in [-0.15, -0.1) is 5.10 Å². The lowest BCUT2D eigenvalue weighted by atomic mass is 10.2. The Kier molecular flexibility index (Phi) is 6.90. The molecule has 0 atom stereocenters. The van der Waals surface area contributed by atoms with Gasteiger partial charge in [0.1, 0.15) is 4.90 Å². The molecule has 32 heavy (non-hydrogen) atoms. The molecule has 3 rings (SSSR count). The quantitative estimate of drug-likeness (QED) is 0.410. The summed E-state index contributed by atoms with van der Waals surface area (Å²) in [6.45, 7) is 0. The van der Waals surface area contributed by atoms with Gasteiger partial charge in [-0.3, -0.25) is 4.79 Å². The number of nitrogens with one attached hydrogen (secondary N) is 1. The number of carbonyl (C=O) groups is 1. The molecule has 3 aromatic rings. The maximum absolute atomic E-state index is 13.8. The molecule has 0 spiro atoms. The Morgan fingerprint density at radius 2 is 1.56 bits per heavy atom. The van der Waals surface area contributed by atoms with E-state index in [1.807, 2.05) is 0 Å². The van der Waals surface area contributed by atoms with Crippen LogP contribution in [0.3, 0.4) is 0 Å². The van der Waals surface area contributed by atoms with Crippen molar-refractivity contribution < 1.29 is 26.4 Å².